The quantitative estimate of drug-likeness (QED) is 0.694. The van der Waals surface area contributed by atoms with Gasteiger partial charge in [-0.3, -0.25) is 14.5 Å². The lowest BCUT2D eigenvalue weighted by Gasteiger charge is -2.30. The average molecular weight is 228 g/mol. The van der Waals surface area contributed by atoms with Gasteiger partial charge in [-0.25, -0.2) is 0 Å². The topological polar surface area (TPSA) is 72.6 Å². The molecule has 5 heteroatoms. The minimum atomic E-state index is -0.276. The van der Waals surface area contributed by atoms with Crippen molar-refractivity contribution in [3.8, 4) is 0 Å². The number of hydrogen-bond acceptors (Lipinski definition) is 4. The van der Waals surface area contributed by atoms with Crippen LogP contribution < -0.4 is 5.73 Å². The molecule has 0 saturated carbocycles. The molecule has 1 unspecified atom stereocenters. The summed E-state index contributed by atoms with van der Waals surface area (Å²) in [6.07, 6.45) is 1.64. The molecule has 1 saturated heterocycles. The van der Waals surface area contributed by atoms with E-state index in [9.17, 15) is 9.59 Å². The summed E-state index contributed by atoms with van der Waals surface area (Å²) in [5, 5.41) is 0. The first-order valence-corrected chi connectivity index (χ1v) is 5.70. The average Bonchev–Trinajstić information content (AvgIpc) is 2.16. The van der Waals surface area contributed by atoms with E-state index in [2.05, 4.69) is 0 Å². The molecule has 1 fully saturated rings. The summed E-state index contributed by atoms with van der Waals surface area (Å²) in [5.41, 5.74) is 5.26. The fourth-order valence-electron chi connectivity index (χ4n) is 1.91. The van der Waals surface area contributed by atoms with Crippen LogP contribution in [0.3, 0.4) is 0 Å². The molecule has 0 aromatic carbocycles. The van der Waals surface area contributed by atoms with Crippen LogP contribution in [0.4, 0.5) is 0 Å². The van der Waals surface area contributed by atoms with Crippen LogP contribution in [0.5, 0.6) is 0 Å². The van der Waals surface area contributed by atoms with Crippen molar-refractivity contribution in [2.24, 2.45) is 11.7 Å². The standard InChI is InChI=1S/C11H20N2O3/c1-8(2)16-10(14)7-13-5-3-4-9(6-13)11(12)15/h8-9H,3-7H2,1-2H3,(H2,12,15). The van der Waals surface area contributed by atoms with Crippen LogP contribution in [0.25, 0.3) is 0 Å². The number of esters is 1. The van der Waals surface area contributed by atoms with Crippen molar-refractivity contribution < 1.29 is 14.3 Å². The second kappa shape index (κ2) is 5.84. The van der Waals surface area contributed by atoms with E-state index in [0.29, 0.717) is 6.54 Å². The molecule has 0 bridgehead atoms. The minimum Gasteiger partial charge on any atom is -0.462 e. The molecule has 5 nitrogen and oxygen atoms in total. The second-order valence-corrected chi connectivity index (χ2v) is 4.52. The first kappa shape index (κ1) is 13.0. The minimum absolute atomic E-state index is 0.0933. The Morgan fingerprint density at radius 2 is 2.19 bits per heavy atom. The molecule has 1 atom stereocenters. The van der Waals surface area contributed by atoms with Gasteiger partial charge in [-0.15, -0.1) is 0 Å². The number of hydrogen-bond donors (Lipinski definition) is 1. The Labute approximate surface area is 95.9 Å². The van der Waals surface area contributed by atoms with Gasteiger partial charge in [-0.05, 0) is 33.2 Å². The van der Waals surface area contributed by atoms with Crippen molar-refractivity contribution >= 4 is 11.9 Å². The molecular weight excluding hydrogens is 208 g/mol. The molecule has 1 rings (SSSR count). The summed E-state index contributed by atoms with van der Waals surface area (Å²) in [5.74, 6) is -0.636. The van der Waals surface area contributed by atoms with Gasteiger partial charge in [0, 0.05) is 6.54 Å². The molecular formula is C11H20N2O3. The van der Waals surface area contributed by atoms with Crippen molar-refractivity contribution in [3.63, 3.8) is 0 Å². The highest BCUT2D eigenvalue weighted by molar-refractivity contribution is 5.77. The SMILES string of the molecule is CC(C)OC(=O)CN1CCCC(C(N)=O)C1. The van der Waals surface area contributed by atoms with Crippen molar-refractivity contribution in [1.82, 2.24) is 4.90 Å². The Hall–Kier alpha value is -1.10. The van der Waals surface area contributed by atoms with E-state index < -0.39 is 0 Å². The number of primary amides is 1. The maximum Gasteiger partial charge on any atom is 0.320 e. The molecule has 2 N–H and O–H groups in total. The Kier molecular flexibility index (Phi) is 4.73. The van der Waals surface area contributed by atoms with Crippen LogP contribution in [0.2, 0.25) is 0 Å². The number of likely N-dealkylation sites (tertiary alicyclic amines) is 1. The Morgan fingerprint density at radius 1 is 1.50 bits per heavy atom. The molecule has 1 amide bonds. The van der Waals surface area contributed by atoms with Crippen molar-refractivity contribution in [3.05, 3.63) is 0 Å². The van der Waals surface area contributed by atoms with E-state index in [0.717, 1.165) is 19.4 Å². The maximum atomic E-state index is 11.4. The fraction of sp³-hybridized carbons (Fsp3) is 0.818. The van der Waals surface area contributed by atoms with Crippen LogP contribution in [0.1, 0.15) is 26.7 Å². The van der Waals surface area contributed by atoms with E-state index in [1.54, 1.807) is 0 Å². The Balaban J connectivity index is 2.37. The summed E-state index contributed by atoms with van der Waals surface area (Å²) in [6, 6.07) is 0. The fourth-order valence-corrected chi connectivity index (χ4v) is 1.91. The van der Waals surface area contributed by atoms with E-state index in [4.69, 9.17) is 10.5 Å². The van der Waals surface area contributed by atoms with Gasteiger partial charge >= 0.3 is 5.97 Å². The Morgan fingerprint density at radius 3 is 2.75 bits per heavy atom. The van der Waals surface area contributed by atoms with E-state index in [1.807, 2.05) is 18.7 Å². The predicted octanol–water partition coefficient (Wildman–Crippen LogP) is 0.135. The molecule has 0 aliphatic carbocycles. The lowest BCUT2D eigenvalue weighted by molar-refractivity contribution is -0.149. The first-order valence-electron chi connectivity index (χ1n) is 5.70. The second-order valence-electron chi connectivity index (χ2n) is 4.52. The molecule has 1 aliphatic heterocycles. The Bertz CT molecular complexity index is 266. The lowest BCUT2D eigenvalue weighted by atomic mass is 9.97. The summed E-state index contributed by atoms with van der Waals surface area (Å²) in [6.45, 7) is 5.29. The summed E-state index contributed by atoms with van der Waals surface area (Å²) in [7, 11) is 0. The zero-order chi connectivity index (χ0) is 12.1. The normalized spacial score (nSPS) is 22.1. The van der Waals surface area contributed by atoms with Gasteiger partial charge in [0.1, 0.15) is 0 Å². The summed E-state index contributed by atoms with van der Waals surface area (Å²) < 4.78 is 5.05. The van der Waals surface area contributed by atoms with Gasteiger partial charge in [0.15, 0.2) is 0 Å². The number of piperidine rings is 1. The zero-order valence-electron chi connectivity index (χ0n) is 9.94. The largest absolute Gasteiger partial charge is 0.462 e. The number of rotatable bonds is 4. The number of carbonyl (C=O) groups is 2. The van der Waals surface area contributed by atoms with Gasteiger partial charge in [0.05, 0.1) is 18.6 Å². The third kappa shape index (κ3) is 4.18. The molecule has 16 heavy (non-hydrogen) atoms. The highest BCUT2D eigenvalue weighted by Gasteiger charge is 2.25. The number of nitrogens with two attached hydrogens (primary N) is 1. The molecule has 1 heterocycles. The van der Waals surface area contributed by atoms with Gasteiger partial charge < -0.3 is 10.5 Å². The molecule has 0 spiro atoms. The van der Waals surface area contributed by atoms with Crippen molar-refractivity contribution in [2.75, 3.05) is 19.6 Å². The van der Waals surface area contributed by atoms with Crippen LogP contribution in [-0.4, -0.2) is 42.5 Å². The summed E-state index contributed by atoms with van der Waals surface area (Å²) >= 11 is 0. The molecule has 0 aromatic heterocycles. The monoisotopic (exact) mass is 228 g/mol. The lowest BCUT2D eigenvalue weighted by Crippen LogP contribution is -2.43. The van der Waals surface area contributed by atoms with Crippen LogP contribution in [0, 0.1) is 5.92 Å². The van der Waals surface area contributed by atoms with Crippen LogP contribution in [0.15, 0.2) is 0 Å². The molecule has 92 valence electrons. The number of carbonyl (C=O) groups excluding carboxylic acids is 2. The number of amides is 1. The molecule has 0 radical (unpaired) electrons. The third-order valence-corrected chi connectivity index (χ3v) is 2.63. The van der Waals surface area contributed by atoms with Gasteiger partial charge in [-0.1, -0.05) is 0 Å². The molecule has 1 aliphatic rings. The summed E-state index contributed by atoms with van der Waals surface area (Å²) in [4.78, 5) is 24.4. The highest BCUT2D eigenvalue weighted by atomic mass is 16.5. The van der Waals surface area contributed by atoms with Gasteiger partial charge in [0.25, 0.3) is 0 Å². The van der Waals surface area contributed by atoms with E-state index in [1.165, 1.54) is 0 Å². The van der Waals surface area contributed by atoms with Crippen molar-refractivity contribution in [1.29, 1.82) is 0 Å². The van der Waals surface area contributed by atoms with Crippen LogP contribution in [-0.2, 0) is 14.3 Å². The number of ether oxygens (including phenoxy) is 1. The van der Waals surface area contributed by atoms with E-state index in [-0.39, 0.29) is 30.4 Å². The predicted molar refractivity (Wildman–Crippen MR) is 59.6 cm³/mol. The molecule has 0 aromatic rings. The maximum absolute atomic E-state index is 11.4. The van der Waals surface area contributed by atoms with Crippen LogP contribution >= 0.6 is 0 Å². The van der Waals surface area contributed by atoms with E-state index >= 15 is 0 Å². The first-order chi connectivity index (χ1) is 7.49. The van der Waals surface area contributed by atoms with Gasteiger partial charge in [-0.2, -0.15) is 0 Å². The third-order valence-electron chi connectivity index (χ3n) is 2.63. The number of nitrogens with zero attached hydrogens (tertiary/aromatic N) is 1. The van der Waals surface area contributed by atoms with Gasteiger partial charge in [0.2, 0.25) is 5.91 Å². The van der Waals surface area contributed by atoms with Crippen molar-refractivity contribution in [2.45, 2.75) is 32.8 Å². The zero-order valence-corrected chi connectivity index (χ0v) is 9.94. The smallest absolute Gasteiger partial charge is 0.320 e. The highest BCUT2D eigenvalue weighted by Crippen LogP contribution is 2.15.